The highest BCUT2D eigenvalue weighted by atomic mass is 32.2. The molecule has 5 nitrogen and oxygen atoms in total. The fourth-order valence-electron chi connectivity index (χ4n) is 2.22. The Morgan fingerprint density at radius 3 is 2.42 bits per heavy atom. The highest BCUT2D eigenvalue weighted by Gasteiger charge is 2.21. The van der Waals surface area contributed by atoms with Gasteiger partial charge in [0.05, 0.1) is 12.4 Å². The van der Waals surface area contributed by atoms with Crippen molar-refractivity contribution in [2.75, 3.05) is 7.11 Å². The van der Waals surface area contributed by atoms with Gasteiger partial charge >= 0.3 is 0 Å². The minimum Gasteiger partial charge on any atom is -0.497 e. The third-order valence-corrected chi connectivity index (χ3v) is 4.64. The second-order valence-corrected chi connectivity index (χ2v) is 6.18. The van der Waals surface area contributed by atoms with Crippen molar-refractivity contribution in [1.29, 1.82) is 0 Å². The van der Waals surface area contributed by atoms with E-state index in [1.54, 1.807) is 14.0 Å². The number of rotatable bonds is 6. The van der Waals surface area contributed by atoms with Crippen LogP contribution in [-0.2, 0) is 4.79 Å². The zero-order valence-electron chi connectivity index (χ0n) is 13.3. The molecule has 0 amide bonds. The van der Waals surface area contributed by atoms with Crippen molar-refractivity contribution >= 4 is 17.5 Å². The van der Waals surface area contributed by atoms with Crippen molar-refractivity contribution < 1.29 is 13.9 Å². The van der Waals surface area contributed by atoms with Crippen LogP contribution in [-0.4, -0.2) is 23.1 Å². The summed E-state index contributed by atoms with van der Waals surface area (Å²) < 4.78 is 10.8. The minimum atomic E-state index is -0.365. The summed E-state index contributed by atoms with van der Waals surface area (Å²) in [6, 6.07) is 16.9. The second-order valence-electron chi connectivity index (χ2n) is 5.12. The van der Waals surface area contributed by atoms with Crippen LogP contribution >= 0.6 is 11.8 Å². The number of nitrogens with zero attached hydrogens (tertiary/aromatic N) is 2. The molecule has 0 bridgehead atoms. The van der Waals surface area contributed by atoms with E-state index >= 15 is 0 Å². The summed E-state index contributed by atoms with van der Waals surface area (Å²) in [6.45, 7) is 1.56. The molecule has 1 atom stereocenters. The zero-order valence-corrected chi connectivity index (χ0v) is 14.1. The number of ether oxygens (including phenoxy) is 1. The first-order valence-corrected chi connectivity index (χ1v) is 8.25. The molecule has 0 saturated carbocycles. The number of aromatic nitrogens is 2. The lowest BCUT2D eigenvalue weighted by Crippen LogP contribution is -2.04. The Bertz CT molecular complexity index is 816. The van der Waals surface area contributed by atoms with Gasteiger partial charge in [0.2, 0.25) is 5.89 Å². The summed E-state index contributed by atoms with van der Waals surface area (Å²) in [4.78, 5) is 12.0. The van der Waals surface area contributed by atoms with E-state index in [0.29, 0.717) is 11.1 Å². The van der Waals surface area contributed by atoms with Crippen LogP contribution in [0.1, 0.15) is 17.7 Å². The summed E-state index contributed by atoms with van der Waals surface area (Å²) in [6.07, 6.45) is 0. The number of benzene rings is 2. The number of ketones is 1. The number of thioether (sulfide) groups is 1. The molecular formula is C18H16N2O3S. The summed E-state index contributed by atoms with van der Waals surface area (Å²) in [7, 11) is 1.61. The maximum Gasteiger partial charge on any atom is 0.277 e. The molecule has 0 fully saturated rings. The zero-order chi connectivity index (χ0) is 16.9. The molecule has 0 aliphatic carbocycles. The number of methoxy groups -OCH3 is 1. The maximum atomic E-state index is 12.0. The van der Waals surface area contributed by atoms with Crippen molar-refractivity contribution in [2.24, 2.45) is 0 Å². The van der Waals surface area contributed by atoms with Gasteiger partial charge in [-0.05, 0) is 48.5 Å². The summed E-state index contributed by atoms with van der Waals surface area (Å²) in [5.74, 6) is 1.21. The van der Waals surface area contributed by atoms with Gasteiger partial charge in [0.25, 0.3) is 5.22 Å². The van der Waals surface area contributed by atoms with Crippen molar-refractivity contribution in [1.82, 2.24) is 10.2 Å². The van der Waals surface area contributed by atoms with Crippen LogP contribution in [0, 0.1) is 0 Å². The average Bonchev–Trinajstić information content (AvgIpc) is 3.09. The average molecular weight is 340 g/mol. The highest BCUT2D eigenvalue weighted by Crippen LogP contribution is 2.36. The first kappa shape index (κ1) is 16.3. The van der Waals surface area contributed by atoms with Gasteiger partial charge in [-0.1, -0.05) is 30.3 Å². The topological polar surface area (TPSA) is 65.2 Å². The number of hydrogen-bond acceptors (Lipinski definition) is 6. The van der Waals surface area contributed by atoms with E-state index in [-0.39, 0.29) is 11.0 Å². The van der Waals surface area contributed by atoms with Crippen LogP contribution in [0.15, 0.2) is 64.2 Å². The van der Waals surface area contributed by atoms with Gasteiger partial charge < -0.3 is 9.15 Å². The normalized spacial score (nSPS) is 11.9. The molecule has 122 valence electrons. The van der Waals surface area contributed by atoms with Gasteiger partial charge in [-0.15, -0.1) is 10.2 Å². The van der Waals surface area contributed by atoms with Crippen LogP contribution in [0.3, 0.4) is 0 Å². The smallest absolute Gasteiger partial charge is 0.277 e. The summed E-state index contributed by atoms with van der Waals surface area (Å²) >= 11 is 1.26. The Morgan fingerprint density at radius 1 is 1.08 bits per heavy atom. The molecule has 3 aromatic rings. The Hall–Kier alpha value is -2.60. The van der Waals surface area contributed by atoms with E-state index in [4.69, 9.17) is 9.15 Å². The molecule has 2 aromatic carbocycles. The first-order chi connectivity index (χ1) is 11.7. The largest absolute Gasteiger partial charge is 0.497 e. The fourth-order valence-corrected chi connectivity index (χ4v) is 3.10. The van der Waals surface area contributed by atoms with Crippen LogP contribution in [0.2, 0.25) is 0 Å². The van der Waals surface area contributed by atoms with E-state index in [2.05, 4.69) is 10.2 Å². The molecule has 1 aromatic heterocycles. The number of hydrogen-bond donors (Lipinski definition) is 0. The molecule has 0 radical (unpaired) electrons. The Balaban J connectivity index is 1.80. The minimum absolute atomic E-state index is 0.0374. The first-order valence-electron chi connectivity index (χ1n) is 7.37. The van der Waals surface area contributed by atoms with Crippen molar-refractivity contribution in [3.63, 3.8) is 0 Å². The Labute approximate surface area is 144 Å². The Morgan fingerprint density at radius 2 is 1.79 bits per heavy atom. The monoisotopic (exact) mass is 340 g/mol. The summed E-state index contributed by atoms with van der Waals surface area (Å²) in [5, 5.41) is 8.10. The maximum absolute atomic E-state index is 12.0. The van der Waals surface area contributed by atoms with E-state index in [1.807, 2.05) is 54.6 Å². The third-order valence-electron chi connectivity index (χ3n) is 3.43. The van der Waals surface area contributed by atoms with Crippen LogP contribution in [0.5, 0.6) is 5.75 Å². The predicted octanol–water partition coefficient (Wildman–Crippen LogP) is 4.17. The number of Topliss-reactive ketones (excluding diaryl/α,β-unsaturated/α-hetero) is 1. The Kier molecular flexibility index (Phi) is 4.96. The second kappa shape index (κ2) is 7.31. The third kappa shape index (κ3) is 3.65. The lowest BCUT2D eigenvalue weighted by molar-refractivity contribution is -0.116. The van der Waals surface area contributed by atoms with Crippen molar-refractivity contribution in [2.45, 2.75) is 17.4 Å². The van der Waals surface area contributed by atoms with Gasteiger partial charge in [-0.3, -0.25) is 4.79 Å². The molecule has 6 heteroatoms. The molecular weight excluding hydrogens is 324 g/mol. The molecule has 1 unspecified atom stereocenters. The van der Waals surface area contributed by atoms with E-state index in [9.17, 15) is 4.79 Å². The van der Waals surface area contributed by atoms with Gasteiger partial charge in [-0.25, -0.2) is 0 Å². The van der Waals surface area contributed by atoms with Crippen molar-refractivity contribution in [3.05, 3.63) is 60.2 Å². The summed E-state index contributed by atoms with van der Waals surface area (Å²) in [5.41, 5.74) is 1.72. The van der Waals surface area contributed by atoms with Gasteiger partial charge in [0, 0.05) is 5.56 Å². The molecule has 0 aliphatic rings. The van der Waals surface area contributed by atoms with Crippen LogP contribution < -0.4 is 4.74 Å². The van der Waals surface area contributed by atoms with Gasteiger partial charge in [0.15, 0.2) is 0 Å². The lowest BCUT2D eigenvalue weighted by Gasteiger charge is -2.10. The van der Waals surface area contributed by atoms with Crippen LogP contribution in [0.4, 0.5) is 0 Å². The highest BCUT2D eigenvalue weighted by molar-refractivity contribution is 8.00. The molecule has 0 saturated heterocycles. The number of carbonyl (C=O) groups is 1. The standard InChI is InChI=1S/C18H16N2O3S/c1-12(21)16(13-6-4-3-5-7-13)24-18-20-19-17(23-18)14-8-10-15(22-2)11-9-14/h3-11,16H,1-2H3. The quantitative estimate of drug-likeness (QED) is 0.628. The number of carbonyl (C=O) groups excluding carboxylic acids is 1. The van der Waals surface area contributed by atoms with E-state index in [1.165, 1.54) is 11.8 Å². The molecule has 0 N–H and O–H groups in total. The van der Waals surface area contributed by atoms with Crippen molar-refractivity contribution in [3.8, 4) is 17.2 Å². The lowest BCUT2D eigenvalue weighted by atomic mass is 10.1. The molecule has 24 heavy (non-hydrogen) atoms. The molecule has 0 aliphatic heterocycles. The van der Waals surface area contributed by atoms with Crippen LogP contribution in [0.25, 0.3) is 11.5 Å². The molecule has 0 spiro atoms. The fraction of sp³-hybridized carbons (Fsp3) is 0.167. The van der Waals surface area contributed by atoms with E-state index in [0.717, 1.165) is 16.9 Å². The molecule has 3 rings (SSSR count). The molecule has 1 heterocycles. The van der Waals surface area contributed by atoms with E-state index < -0.39 is 0 Å². The predicted molar refractivity (Wildman–Crippen MR) is 92.0 cm³/mol. The van der Waals surface area contributed by atoms with Gasteiger partial charge in [0.1, 0.15) is 11.5 Å². The SMILES string of the molecule is COc1ccc(-c2nnc(SC(C(C)=O)c3ccccc3)o2)cc1. The van der Waals surface area contributed by atoms with Gasteiger partial charge in [-0.2, -0.15) is 0 Å².